The number of aromatic amines is 1. The summed E-state index contributed by atoms with van der Waals surface area (Å²) < 4.78 is 1.68. The zero-order valence-corrected chi connectivity index (χ0v) is 11.1. The van der Waals surface area contributed by atoms with Crippen LogP contribution in [0, 0.1) is 10.9 Å². The van der Waals surface area contributed by atoms with E-state index in [1.54, 1.807) is 0 Å². The lowest BCUT2D eigenvalue weighted by atomic mass is 10.2. The third kappa shape index (κ3) is 2.64. The molecule has 0 amide bonds. The van der Waals surface area contributed by atoms with Crippen LogP contribution in [0.1, 0.15) is 5.56 Å². The average Bonchev–Trinajstić information content (AvgIpc) is 2.58. The van der Waals surface area contributed by atoms with Gasteiger partial charge in [-0.05, 0) is 52.8 Å². The number of hydrogen-bond donors (Lipinski definition) is 2. The Morgan fingerprint density at radius 1 is 1.53 bits per heavy atom. The molecule has 0 aliphatic carbocycles. The van der Waals surface area contributed by atoms with Crippen LogP contribution in [0.3, 0.4) is 0 Å². The van der Waals surface area contributed by atoms with Crippen molar-refractivity contribution >= 4 is 50.3 Å². The Kier molecular flexibility index (Phi) is 3.18. The van der Waals surface area contributed by atoms with Gasteiger partial charge in [-0.3, -0.25) is 5.10 Å². The van der Waals surface area contributed by atoms with E-state index in [0.717, 1.165) is 15.3 Å². The highest BCUT2D eigenvalue weighted by Crippen LogP contribution is 2.27. The zero-order valence-electron chi connectivity index (χ0n) is 7.87. The molecule has 1 aromatic carbocycles. The fourth-order valence-corrected chi connectivity index (χ4v) is 2.28. The van der Waals surface area contributed by atoms with Gasteiger partial charge in [0.05, 0.1) is 5.69 Å². The van der Waals surface area contributed by atoms with Gasteiger partial charge in [-0.1, -0.05) is 17.4 Å². The van der Waals surface area contributed by atoms with Gasteiger partial charge in [0.15, 0.2) is 3.95 Å². The maximum absolute atomic E-state index is 4.96. The molecular formula is C9H8BrN3S2. The fraction of sp³-hybridized carbons (Fsp3) is 0.111. The van der Waals surface area contributed by atoms with E-state index in [4.69, 9.17) is 12.2 Å². The molecule has 2 aromatic rings. The van der Waals surface area contributed by atoms with Crippen LogP contribution in [0.2, 0.25) is 0 Å². The monoisotopic (exact) mass is 301 g/mol. The highest BCUT2D eigenvalue weighted by atomic mass is 79.9. The molecule has 3 nitrogen and oxygen atoms in total. The van der Waals surface area contributed by atoms with Crippen LogP contribution in [0.4, 0.5) is 10.8 Å². The van der Waals surface area contributed by atoms with E-state index in [1.165, 1.54) is 16.9 Å². The predicted molar refractivity (Wildman–Crippen MR) is 69.5 cm³/mol. The molecule has 0 fully saturated rings. The fourth-order valence-electron chi connectivity index (χ4n) is 1.13. The summed E-state index contributed by atoms with van der Waals surface area (Å²) in [5, 5.41) is 10.7. The number of anilines is 2. The summed E-state index contributed by atoms with van der Waals surface area (Å²) in [6, 6.07) is 6.10. The van der Waals surface area contributed by atoms with E-state index in [0.29, 0.717) is 3.95 Å². The molecule has 0 atom stereocenters. The van der Waals surface area contributed by atoms with Crippen LogP contribution in [-0.2, 0) is 0 Å². The summed E-state index contributed by atoms with van der Waals surface area (Å²) >= 11 is 9.84. The summed E-state index contributed by atoms with van der Waals surface area (Å²) in [5.41, 5.74) is 2.19. The van der Waals surface area contributed by atoms with Gasteiger partial charge in [0.2, 0.25) is 5.13 Å². The average molecular weight is 302 g/mol. The molecule has 0 saturated heterocycles. The van der Waals surface area contributed by atoms with Gasteiger partial charge in [-0.2, -0.15) is 0 Å². The Labute approximate surface area is 105 Å². The van der Waals surface area contributed by atoms with Crippen LogP contribution in [-0.4, -0.2) is 10.2 Å². The van der Waals surface area contributed by atoms with Gasteiger partial charge in [-0.25, -0.2) is 0 Å². The lowest BCUT2D eigenvalue weighted by molar-refractivity contribution is 1.08. The predicted octanol–water partition coefficient (Wildman–Crippen LogP) is 4.02. The zero-order chi connectivity index (χ0) is 10.8. The molecule has 0 aliphatic heterocycles. The second-order valence-corrected chi connectivity index (χ2v) is 5.55. The van der Waals surface area contributed by atoms with Gasteiger partial charge in [0.1, 0.15) is 0 Å². The van der Waals surface area contributed by atoms with Crippen LogP contribution in [0.15, 0.2) is 22.7 Å². The van der Waals surface area contributed by atoms with Crippen molar-refractivity contribution in [1.82, 2.24) is 10.2 Å². The Morgan fingerprint density at radius 2 is 2.33 bits per heavy atom. The first-order chi connectivity index (χ1) is 7.15. The summed E-state index contributed by atoms with van der Waals surface area (Å²) in [7, 11) is 0. The van der Waals surface area contributed by atoms with E-state index >= 15 is 0 Å². The summed E-state index contributed by atoms with van der Waals surface area (Å²) in [6.07, 6.45) is 0. The number of aryl methyl sites for hydroxylation is 1. The number of nitrogens with one attached hydrogen (secondary N) is 2. The highest BCUT2D eigenvalue weighted by Gasteiger charge is 2.02. The quantitative estimate of drug-likeness (QED) is 0.823. The summed E-state index contributed by atoms with van der Waals surface area (Å²) in [4.78, 5) is 0. The highest BCUT2D eigenvalue weighted by molar-refractivity contribution is 9.10. The molecule has 0 saturated carbocycles. The standard InChI is InChI=1S/C9H8BrN3S2/c1-5-2-3-6(10)7(4-5)11-8-12-13-9(14)15-8/h2-4H,1H3,(H,11,12)(H,13,14). The topological polar surface area (TPSA) is 40.7 Å². The molecule has 0 unspecified atom stereocenters. The van der Waals surface area contributed by atoms with E-state index < -0.39 is 0 Å². The SMILES string of the molecule is Cc1ccc(Br)c(Nc2n[nH]c(=S)s2)c1. The first-order valence-corrected chi connectivity index (χ1v) is 6.25. The van der Waals surface area contributed by atoms with Crippen molar-refractivity contribution in [2.75, 3.05) is 5.32 Å². The van der Waals surface area contributed by atoms with E-state index in [9.17, 15) is 0 Å². The second-order valence-electron chi connectivity index (χ2n) is 3.03. The second kappa shape index (κ2) is 4.42. The molecule has 2 N–H and O–H groups in total. The Bertz CT molecular complexity index is 532. The molecule has 0 aliphatic rings. The lowest BCUT2D eigenvalue weighted by Gasteiger charge is -2.05. The normalized spacial score (nSPS) is 10.3. The van der Waals surface area contributed by atoms with Crippen molar-refractivity contribution in [3.05, 3.63) is 32.2 Å². The molecule has 1 aromatic heterocycles. The molecule has 1 heterocycles. The lowest BCUT2D eigenvalue weighted by Crippen LogP contribution is -1.91. The van der Waals surface area contributed by atoms with E-state index in [2.05, 4.69) is 37.5 Å². The molecular weight excluding hydrogens is 294 g/mol. The largest absolute Gasteiger partial charge is 0.329 e. The Hall–Kier alpha value is -0.720. The number of benzene rings is 1. The van der Waals surface area contributed by atoms with Crippen molar-refractivity contribution in [3.63, 3.8) is 0 Å². The van der Waals surface area contributed by atoms with Gasteiger partial charge in [0.25, 0.3) is 0 Å². The minimum Gasteiger partial charge on any atom is -0.329 e. The number of aromatic nitrogens is 2. The first-order valence-electron chi connectivity index (χ1n) is 4.24. The Morgan fingerprint density at radius 3 is 3.00 bits per heavy atom. The molecule has 2 rings (SSSR count). The smallest absolute Gasteiger partial charge is 0.208 e. The summed E-state index contributed by atoms with van der Waals surface area (Å²) in [6.45, 7) is 2.05. The number of halogens is 1. The maximum Gasteiger partial charge on any atom is 0.208 e. The first kappa shape index (κ1) is 10.8. The molecule has 0 radical (unpaired) electrons. The minimum absolute atomic E-state index is 0.668. The molecule has 15 heavy (non-hydrogen) atoms. The van der Waals surface area contributed by atoms with E-state index in [-0.39, 0.29) is 0 Å². The van der Waals surface area contributed by atoms with Crippen molar-refractivity contribution in [2.45, 2.75) is 6.92 Å². The van der Waals surface area contributed by atoms with Gasteiger partial charge < -0.3 is 5.32 Å². The number of hydrogen-bond acceptors (Lipinski definition) is 4. The van der Waals surface area contributed by atoms with Crippen LogP contribution >= 0.6 is 39.5 Å². The number of H-pyrrole nitrogens is 1. The van der Waals surface area contributed by atoms with Gasteiger partial charge in [-0.15, -0.1) is 5.10 Å². The van der Waals surface area contributed by atoms with Crippen LogP contribution in [0.5, 0.6) is 0 Å². The molecule has 0 bridgehead atoms. The molecule has 0 spiro atoms. The Balaban J connectivity index is 2.31. The van der Waals surface area contributed by atoms with Crippen molar-refractivity contribution in [1.29, 1.82) is 0 Å². The molecule has 6 heteroatoms. The third-order valence-corrected chi connectivity index (χ3v) is 3.50. The van der Waals surface area contributed by atoms with Crippen molar-refractivity contribution in [2.24, 2.45) is 0 Å². The van der Waals surface area contributed by atoms with Crippen LogP contribution < -0.4 is 5.32 Å². The van der Waals surface area contributed by atoms with Gasteiger partial charge >= 0.3 is 0 Å². The van der Waals surface area contributed by atoms with Gasteiger partial charge in [0, 0.05) is 4.47 Å². The van der Waals surface area contributed by atoms with E-state index in [1.807, 2.05) is 19.1 Å². The third-order valence-electron chi connectivity index (χ3n) is 1.80. The van der Waals surface area contributed by atoms with Crippen molar-refractivity contribution in [3.8, 4) is 0 Å². The minimum atomic E-state index is 0.668. The van der Waals surface area contributed by atoms with Crippen LogP contribution in [0.25, 0.3) is 0 Å². The molecule has 78 valence electrons. The maximum atomic E-state index is 4.96. The van der Waals surface area contributed by atoms with Crippen molar-refractivity contribution < 1.29 is 0 Å². The number of rotatable bonds is 2. The number of nitrogens with zero attached hydrogens (tertiary/aromatic N) is 1. The summed E-state index contributed by atoms with van der Waals surface area (Å²) in [5.74, 6) is 0.